The van der Waals surface area contributed by atoms with Crippen molar-refractivity contribution in [3.8, 4) is 11.5 Å². The van der Waals surface area contributed by atoms with Crippen molar-refractivity contribution in [1.29, 1.82) is 0 Å². The molecule has 2 heterocycles. The summed E-state index contributed by atoms with van der Waals surface area (Å²) >= 11 is 3.48. The molecule has 1 aromatic carbocycles. The molecule has 0 aliphatic carbocycles. The molecule has 1 fully saturated rings. The van der Waals surface area contributed by atoms with E-state index in [4.69, 9.17) is 4.42 Å². The first-order valence-electron chi connectivity index (χ1n) is 7.01. The van der Waals surface area contributed by atoms with Crippen molar-refractivity contribution in [3.63, 3.8) is 0 Å². The summed E-state index contributed by atoms with van der Waals surface area (Å²) in [5.74, 6) is 1.35. The summed E-state index contributed by atoms with van der Waals surface area (Å²) in [6.07, 6.45) is 2.89. The number of aldehydes is 1. The van der Waals surface area contributed by atoms with Gasteiger partial charge in [0.1, 0.15) is 6.29 Å². The quantitative estimate of drug-likeness (QED) is 0.794. The smallest absolute Gasteiger partial charge is 0.248 e. The van der Waals surface area contributed by atoms with Crippen LogP contribution >= 0.6 is 15.9 Å². The number of carbonyl (C=O) groups excluding carboxylic acids is 1. The lowest BCUT2D eigenvalue weighted by Crippen LogP contribution is -2.33. The van der Waals surface area contributed by atoms with Gasteiger partial charge < -0.3 is 9.21 Å². The van der Waals surface area contributed by atoms with E-state index in [1.54, 1.807) is 0 Å². The SMILES string of the molecule is O=CC1CCN(Cc2nnc(-c3ccccc3Br)o2)CC1. The number of aromatic nitrogens is 2. The van der Waals surface area contributed by atoms with Crippen LogP contribution in [0.4, 0.5) is 0 Å². The van der Waals surface area contributed by atoms with E-state index in [0.717, 1.165) is 42.3 Å². The Kier molecular flexibility index (Phi) is 4.45. The first kappa shape index (κ1) is 14.4. The van der Waals surface area contributed by atoms with Crippen LogP contribution in [0.5, 0.6) is 0 Å². The van der Waals surface area contributed by atoms with Crippen LogP contribution in [0.25, 0.3) is 11.5 Å². The molecular weight excluding hydrogens is 334 g/mol. The summed E-state index contributed by atoms with van der Waals surface area (Å²) in [7, 11) is 0. The van der Waals surface area contributed by atoms with Crippen molar-refractivity contribution >= 4 is 22.2 Å². The second kappa shape index (κ2) is 6.49. The van der Waals surface area contributed by atoms with Crippen molar-refractivity contribution in [1.82, 2.24) is 15.1 Å². The average molecular weight is 350 g/mol. The van der Waals surface area contributed by atoms with E-state index in [9.17, 15) is 4.79 Å². The number of benzene rings is 1. The molecule has 2 aromatic rings. The van der Waals surface area contributed by atoms with Gasteiger partial charge in [-0.2, -0.15) is 0 Å². The molecule has 110 valence electrons. The fourth-order valence-corrected chi connectivity index (χ4v) is 2.95. The van der Waals surface area contributed by atoms with Crippen LogP contribution in [0, 0.1) is 5.92 Å². The zero-order valence-electron chi connectivity index (χ0n) is 11.5. The van der Waals surface area contributed by atoms with Crippen LogP contribution < -0.4 is 0 Å². The van der Waals surface area contributed by atoms with Gasteiger partial charge >= 0.3 is 0 Å². The zero-order valence-corrected chi connectivity index (χ0v) is 13.1. The summed E-state index contributed by atoms with van der Waals surface area (Å²) < 4.78 is 6.68. The van der Waals surface area contributed by atoms with Crippen LogP contribution in [0.2, 0.25) is 0 Å². The molecule has 1 saturated heterocycles. The maximum atomic E-state index is 10.8. The molecule has 1 aliphatic heterocycles. The minimum atomic E-state index is 0.208. The lowest BCUT2D eigenvalue weighted by molar-refractivity contribution is -0.112. The molecule has 1 aromatic heterocycles. The minimum Gasteiger partial charge on any atom is -0.419 e. The van der Waals surface area contributed by atoms with E-state index in [1.807, 2.05) is 24.3 Å². The number of carbonyl (C=O) groups is 1. The van der Waals surface area contributed by atoms with E-state index >= 15 is 0 Å². The Morgan fingerprint density at radius 2 is 2.05 bits per heavy atom. The first-order chi connectivity index (χ1) is 10.3. The Bertz CT molecular complexity index is 621. The van der Waals surface area contributed by atoms with E-state index in [2.05, 4.69) is 31.0 Å². The van der Waals surface area contributed by atoms with Crippen LogP contribution in [0.3, 0.4) is 0 Å². The van der Waals surface area contributed by atoms with Crippen molar-refractivity contribution in [2.75, 3.05) is 13.1 Å². The Hall–Kier alpha value is -1.53. The van der Waals surface area contributed by atoms with Crippen molar-refractivity contribution in [3.05, 3.63) is 34.6 Å². The second-order valence-corrected chi connectivity index (χ2v) is 6.08. The van der Waals surface area contributed by atoms with E-state index in [-0.39, 0.29) is 5.92 Å². The lowest BCUT2D eigenvalue weighted by atomic mass is 9.99. The van der Waals surface area contributed by atoms with Gasteiger partial charge in [0.15, 0.2) is 0 Å². The normalized spacial score (nSPS) is 17.0. The number of hydrogen-bond donors (Lipinski definition) is 0. The third-order valence-electron chi connectivity index (χ3n) is 3.75. The molecule has 6 heteroatoms. The number of nitrogens with zero attached hydrogens (tertiary/aromatic N) is 3. The lowest BCUT2D eigenvalue weighted by Gasteiger charge is -2.28. The number of likely N-dealkylation sites (tertiary alicyclic amines) is 1. The predicted octanol–water partition coefficient (Wildman–Crippen LogP) is 2.91. The summed E-state index contributed by atoms with van der Waals surface area (Å²) in [4.78, 5) is 13.0. The summed E-state index contributed by atoms with van der Waals surface area (Å²) in [5, 5.41) is 8.23. The molecule has 0 N–H and O–H groups in total. The third-order valence-corrected chi connectivity index (χ3v) is 4.45. The molecular formula is C15H16BrN3O2. The molecule has 0 atom stereocenters. The molecule has 5 nitrogen and oxygen atoms in total. The summed E-state index contributed by atoms with van der Waals surface area (Å²) in [6, 6.07) is 7.77. The highest BCUT2D eigenvalue weighted by molar-refractivity contribution is 9.10. The van der Waals surface area contributed by atoms with Crippen molar-refractivity contribution in [2.45, 2.75) is 19.4 Å². The zero-order chi connectivity index (χ0) is 14.7. The molecule has 3 rings (SSSR count). The Morgan fingerprint density at radius 1 is 1.29 bits per heavy atom. The Morgan fingerprint density at radius 3 is 2.76 bits per heavy atom. The molecule has 0 saturated carbocycles. The fourth-order valence-electron chi connectivity index (χ4n) is 2.50. The summed E-state index contributed by atoms with van der Waals surface area (Å²) in [5.41, 5.74) is 0.899. The second-order valence-electron chi connectivity index (χ2n) is 5.23. The van der Waals surface area contributed by atoms with Gasteiger partial charge in [-0.05, 0) is 54.0 Å². The van der Waals surface area contributed by atoms with Gasteiger partial charge in [0.25, 0.3) is 0 Å². The molecule has 0 amide bonds. The van der Waals surface area contributed by atoms with Crippen LogP contribution in [0.15, 0.2) is 33.2 Å². The monoisotopic (exact) mass is 349 g/mol. The van der Waals surface area contributed by atoms with Gasteiger partial charge in [0.05, 0.1) is 12.1 Å². The van der Waals surface area contributed by atoms with Crippen LogP contribution in [0.1, 0.15) is 18.7 Å². The highest BCUT2D eigenvalue weighted by atomic mass is 79.9. The minimum absolute atomic E-state index is 0.208. The molecule has 0 radical (unpaired) electrons. The van der Waals surface area contributed by atoms with Gasteiger partial charge in [0.2, 0.25) is 11.8 Å². The van der Waals surface area contributed by atoms with Crippen LogP contribution in [-0.2, 0) is 11.3 Å². The Balaban J connectivity index is 1.66. The largest absolute Gasteiger partial charge is 0.419 e. The van der Waals surface area contributed by atoms with Crippen molar-refractivity contribution < 1.29 is 9.21 Å². The van der Waals surface area contributed by atoms with Gasteiger partial charge in [-0.3, -0.25) is 4.90 Å². The van der Waals surface area contributed by atoms with E-state index in [1.165, 1.54) is 0 Å². The predicted molar refractivity (Wildman–Crippen MR) is 81.5 cm³/mol. The summed E-state index contributed by atoms with van der Waals surface area (Å²) in [6.45, 7) is 2.44. The number of halogens is 1. The number of rotatable bonds is 4. The van der Waals surface area contributed by atoms with Crippen molar-refractivity contribution in [2.24, 2.45) is 5.92 Å². The van der Waals surface area contributed by atoms with E-state index in [0.29, 0.717) is 18.3 Å². The van der Waals surface area contributed by atoms with Gasteiger partial charge in [-0.1, -0.05) is 12.1 Å². The topological polar surface area (TPSA) is 59.2 Å². The maximum Gasteiger partial charge on any atom is 0.248 e. The number of piperidine rings is 1. The standard InChI is InChI=1S/C15H16BrN3O2/c16-13-4-2-1-3-12(13)15-18-17-14(21-15)9-19-7-5-11(10-20)6-8-19/h1-4,10-11H,5-9H2. The van der Waals surface area contributed by atoms with Gasteiger partial charge in [-0.25, -0.2) is 0 Å². The molecule has 0 unspecified atom stereocenters. The molecule has 0 bridgehead atoms. The first-order valence-corrected chi connectivity index (χ1v) is 7.80. The maximum absolute atomic E-state index is 10.8. The highest BCUT2D eigenvalue weighted by Crippen LogP contribution is 2.27. The highest BCUT2D eigenvalue weighted by Gasteiger charge is 2.20. The molecule has 21 heavy (non-hydrogen) atoms. The number of hydrogen-bond acceptors (Lipinski definition) is 5. The van der Waals surface area contributed by atoms with E-state index < -0.39 is 0 Å². The average Bonchev–Trinajstić information content (AvgIpc) is 2.97. The fraction of sp³-hybridized carbons (Fsp3) is 0.400. The Labute approximate surface area is 131 Å². The van der Waals surface area contributed by atoms with Gasteiger partial charge in [-0.15, -0.1) is 10.2 Å². The molecule has 0 spiro atoms. The van der Waals surface area contributed by atoms with Gasteiger partial charge in [0, 0.05) is 10.4 Å². The van der Waals surface area contributed by atoms with Crippen LogP contribution in [-0.4, -0.2) is 34.5 Å². The third kappa shape index (κ3) is 3.39. The molecule has 1 aliphatic rings.